The molecule has 1 amide bonds. The number of carbonyl (C=O) groups excluding carboxylic acids is 1. The summed E-state index contributed by atoms with van der Waals surface area (Å²) in [7, 11) is -3.82. The predicted molar refractivity (Wildman–Crippen MR) is 142 cm³/mol. The van der Waals surface area contributed by atoms with Crippen molar-refractivity contribution in [2.45, 2.75) is 43.7 Å². The molecule has 1 fully saturated rings. The number of H-pyrrole nitrogens is 1. The number of sulfonamides is 1. The number of para-hydroxylation sites is 1. The van der Waals surface area contributed by atoms with Gasteiger partial charge >= 0.3 is 0 Å². The number of aromatic amines is 1. The quantitative estimate of drug-likeness (QED) is 0.319. The number of carbonyl (C=O) groups is 1. The van der Waals surface area contributed by atoms with Crippen LogP contribution in [-0.2, 0) is 27.8 Å². The van der Waals surface area contributed by atoms with Crippen LogP contribution in [0.4, 0.5) is 4.39 Å². The van der Waals surface area contributed by atoms with Gasteiger partial charge in [-0.2, -0.15) is 4.31 Å². The summed E-state index contributed by atoms with van der Waals surface area (Å²) in [6.07, 6.45) is 4.03. The Hall–Kier alpha value is -3.49. The summed E-state index contributed by atoms with van der Waals surface area (Å²) >= 11 is 0. The molecule has 5 rings (SSSR count). The third-order valence-corrected chi connectivity index (χ3v) is 8.75. The molecule has 1 heterocycles. The van der Waals surface area contributed by atoms with Crippen molar-refractivity contribution in [2.75, 3.05) is 13.1 Å². The summed E-state index contributed by atoms with van der Waals surface area (Å²) in [5, 5.41) is 1.10. The molecule has 1 saturated carbocycles. The van der Waals surface area contributed by atoms with Crippen molar-refractivity contribution in [3.8, 4) is 0 Å². The van der Waals surface area contributed by atoms with E-state index in [1.54, 1.807) is 41.3 Å². The number of hydrogen-bond acceptors (Lipinski definition) is 3. The average molecular weight is 520 g/mol. The van der Waals surface area contributed by atoms with E-state index < -0.39 is 10.0 Å². The largest absolute Gasteiger partial charge is 0.361 e. The molecule has 4 aromatic rings. The molecular formula is C29H30FN3O3S. The molecule has 0 bridgehead atoms. The normalized spacial score (nSPS) is 13.8. The van der Waals surface area contributed by atoms with Crippen LogP contribution in [0.2, 0.25) is 0 Å². The molecular weight excluding hydrogens is 489 g/mol. The first-order chi connectivity index (χ1) is 17.8. The number of nitrogens with one attached hydrogen (secondary N) is 1. The van der Waals surface area contributed by atoms with E-state index in [4.69, 9.17) is 0 Å². The monoisotopic (exact) mass is 519 g/mol. The highest BCUT2D eigenvalue weighted by molar-refractivity contribution is 7.89. The summed E-state index contributed by atoms with van der Waals surface area (Å²) in [5.41, 5.74) is 3.86. The van der Waals surface area contributed by atoms with E-state index in [1.165, 1.54) is 16.4 Å². The zero-order valence-corrected chi connectivity index (χ0v) is 21.5. The van der Waals surface area contributed by atoms with Crippen LogP contribution in [0.5, 0.6) is 0 Å². The fourth-order valence-corrected chi connectivity index (χ4v) is 6.18. The first kappa shape index (κ1) is 25.2. The van der Waals surface area contributed by atoms with Gasteiger partial charge in [0, 0.05) is 36.2 Å². The van der Waals surface area contributed by atoms with Gasteiger partial charge in [-0.05, 0) is 67.6 Å². The van der Waals surface area contributed by atoms with Crippen LogP contribution in [0, 0.1) is 12.7 Å². The zero-order valence-electron chi connectivity index (χ0n) is 20.7. The number of halogens is 1. The van der Waals surface area contributed by atoms with Crippen LogP contribution in [0.15, 0.2) is 83.9 Å². The van der Waals surface area contributed by atoms with Gasteiger partial charge < -0.3 is 9.88 Å². The third kappa shape index (κ3) is 5.76. The van der Waals surface area contributed by atoms with Gasteiger partial charge in [-0.15, -0.1) is 0 Å². The van der Waals surface area contributed by atoms with Crippen molar-refractivity contribution in [2.24, 2.45) is 0 Å². The lowest BCUT2D eigenvalue weighted by molar-refractivity contribution is -0.132. The van der Waals surface area contributed by atoms with E-state index in [-0.39, 0.29) is 35.8 Å². The minimum atomic E-state index is -3.82. The summed E-state index contributed by atoms with van der Waals surface area (Å²) in [6.45, 7) is 2.35. The molecule has 0 saturated heterocycles. The summed E-state index contributed by atoms with van der Waals surface area (Å²) in [4.78, 5) is 18.8. The van der Waals surface area contributed by atoms with Crippen LogP contribution in [0.3, 0.4) is 0 Å². The Labute approximate surface area is 216 Å². The summed E-state index contributed by atoms with van der Waals surface area (Å²) in [6, 6.07) is 20.6. The van der Waals surface area contributed by atoms with Gasteiger partial charge in [0.25, 0.3) is 0 Å². The van der Waals surface area contributed by atoms with Crippen LogP contribution in [-0.4, -0.2) is 47.6 Å². The molecule has 1 aromatic heterocycles. The van der Waals surface area contributed by atoms with Gasteiger partial charge in [-0.3, -0.25) is 4.79 Å². The molecule has 6 nitrogen and oxygen atoms in total. The maximum absolute atomic E-state index is 13.7. The second-order valence-electron chi connectivity index (χ2n) is 9.65. The molecule has 0 spiro atoms. The van der Waals surface area contributed by atoms with Gasteiger partial charge in [-0.1, -0.05) is 48.0 Å². The smallest absolute Gasteiger partial charge is 0.243 e. The molecule has 1 N–H and O–H groups in total. The second kappa shape index (κ2) is 10.5. The molecule has 0 atom stereocenters. The molecule has 3 aromatic carbocycles. The number of aryl methyl sites for hydroxylation is 1. The number of rotatable bonds is 10. The van der Waals surface area contributed by atoms with E-state index in [0.29, 0.717) is 13.0 Å². The third-order valence-electron chi connectivity index (χ3n) is 6.84. The first-order valence-corrected chi connectivity index (χ1v) is 13.9. The second-order valence-corrected chi connectivity index (χ2v) is 11.5. The minimum absolute atomic E-state index is 0.170. The van der Waals surface area contributed by atoms with Gasteiger partial charge in [0.2, 0.25) is 15.9 Å². The first-order valence-electron chi connectivity index (χ1n) is 12.5. The van der Waals surface area contributed by atoms with Crippen molar-refractivity contribution in [3.63, 3.8) is 0 Å². The number of nitrogens with zero attached hydrogens (tertiary/aromatic N) is 2. The minimum Gasteiger partial charge on any atom is -0.361 e. The molecule has 0 unspecified atom stereocenters. The summed E-state index contributed by atoms with van der Waals surface area (Å²) in [5.74, 6) is -0.615. The molecule has 0 aliphatic heterocycles. The SMILES string of the molecule is Cc1ccc(S(=O)(=O)N(CC(=O)N(CCc2c[nH]c3ccccc23)Cc2ccc(F)cc2)C2CC2)cc1. The van der Waals surface area contributed by atoms with Crippen molar-refractivity contribution in [1.29, 1.82) is 0 Å². The summed E-state index contributed by atoms with van der Waals surface area (Å²) < 4.78 is 41.8. The van der Waals surface area contributed by atoms with E-state index in [9.17, 15) is 17.6 Å². The zero-order chi connectivity index (χ0) is 26.0. The maximum atomic E-state index is 13.7. The molecule has 1 aliphatic carbocycles. The topological polar surface area (TPSA) is 73.5 Å². The fraction of sp³-hybridized carbons (Fsp3) is 0.276. The Morgan fingerprint density at radius 1 is 1.00 bits per heavy atom. The van der Waals surface area contributed by atoms with E-state index in [0.717, 1.165) is 40.4 Å². The van der Waals surface area contributed by atoms with Crippen LogP contribution < -0.4 is 0 Å². The van der Waals surface area contributed by atoms with Crippen molar-refractivity contribution >= 4 is 26.8 Å². The lowest BCUT2D eigenvalue weighted by Crippen LogP contribution is -2.44. The Morgan fingerprint density at radius 3 is 2.41 bits per heavy atom. The van der Waals surface area contributed by atoms with Crippen LogP contribution in [0.1, 0.15) is 29.5 Å². The Morgan fingerprint density at radius 2 is 1.70 bits per heavy atom. The van der Waals surface area contributed by atoms with E-state index in [2.05, 4.69) is 4.98 Å². The van der Waals surface area contributed by atoms with Crippen LogP contribution >= 0.6 is 0 Å². The molecule has 1 aliphatic rings. The number of aromatic nitrogens is 1. The Kier molecular flexibility index (Phi) is 7.13. The Balaban J connectivity index is 1.38. The predicted octanol–water partition coefficient (Wildman–Crippen LogP) is 5.04. The molecule has 192 valence electrons. The average Bonchev–Trinajstić information content (AvgIpc) is 3.65. The highest BCUT2D eigenvalue weighted by Crippen LogP contribution is 2.32. The van der Waals surface area contributed by atoms with Gasteiger partial charge in [0.1, 0.15) is 5.82 Å². The van der Waals surface area contributed by atoms with Crippen molar-refractivity contribution in [3.05, 3.63) is 102 Å². The molecule has 0 radical (unpaired) electrons. The van der Waals surface area contributed by atoms with E-state index in [1.807, 2.05) is 37.4 Å². The molecule has 37 heavy (non-hydrogen) atoms. The van der Waals surface area contributed by atoms with Gasteiger partial charge in [0.15, 0.2) is 0 Å². The number of amides is 1. The highest BCUT2D eigenvalue weighted by Gasteiger charge is 2.40. The highest BCUT2D eigenvalue weighted by atomic mass is 32.2. The Bertz CT molecular complexity index is 1490. The van der Waals surface area contributed by atoms with Gasteiger partial charge in [-0.25, -0.2) is 12.8 Å². The number of benzene rings is 3. The molecule has 8 heteroatoms. The van der Waals surface area contributed by atoms with Gasteiger partial charge in [0.05, 0.1) is 11.4 Å². The lowest BCUT2D eigenvalue weighted by Gasteiger charge is -2.27. The van der Waals surface area contributed by atoms with E-state index >= 15 is 0 Å². The van der Waals surface area contributed by atoms with Crippen molar-refractivity contribution in [1.82, 2.24) is 14.2 Å². The lowest BCUT2D eigenvalue weighted by atomic mass is 10.1. The standard InChI is InChI=1S/C29H30FN3O3S/c1-21-6-14-26(15-7-21)37(35,36)33(25-12-13-25)20-29(34)32(19-22-8-10-24(30)11-9-22)17-16-23-18-31-28-5-3-2-4-27(23)28/h2-11,14-15,18,25,31H,12-13,16-17,19-20H2,1H3. The maximum Gasteiger partial charge on any atom is 0.243 e. The number of hydrogen-bond donors (Lipinski definition) is 1. The fourth-order valence-electron chi connectivity index (χ4n) is 4.55. The number of fused-ring (bicyclic) bond motifs is 1. The van der Waals surface area contributed by atoms with Crippen LogP contribution in [0.25, 0.3) is 10.9 Å². The van der Waals surface area contributed by atoms with Crippen molar-refractivity contribution < 1.29 is 17.6 Å².